The largest absolute Gasteiger partial charge is 0.313 e. The number of rotatable bonds is 5. The fourth-order valence-electron chi connectivity index (χ4n) is 1.84. The average molecular weight is 255 g/mol. The fraction of sp³-hybridized carbons (Fsp3) is 0.538. The molecular weight excluding hydrogens is 234 g/mol. The second kappa shape index (κ2) is 5.65. The van der Waals surface area contributed by atoms with Gasteiger partial charge in [0.05, 0.1) is 4.90 Å². The molecule has 17 heavy (non-hydrogen) atoms. The lowest BCUT2D eigenvalue weighted by molar-refractivity contribution is 0.456. The second-order valence-corrected chi connectivity index (χ2v) is 6.83. The van der Waals surface area contributed by atoms with E-state index in [0.29, 0.717) is 10.8 Å². The third kappa shape index (κ3) is 4.13. The van der Waals surface area contributed by atoms with Crippen molar-refractivity contribution in [2.24, 2.45) is 5.92 Å². The zero-order valence-electron chi connectivity index (χ0n) is 10.9. The number of sulfone groups is 1. The highest BCUT2D eigenvalue weighted by atomic mass is 32.2. The molecular formula is C13H21NO2S. The van der Waals surface area contributed by atoms with Crippen molar-refractivity contribution in [1.29, 1.82) is 0 Å². The lowest BCUT2D eigenvalue weighted by Gasteiger charge is -2.19. The molecule has 1 atom stereocenters. The molecule has 4 heteroatoms. The Balaban J connectivity index is 2.93. The minimum atomic E-state index is -3.10. The van der Waals surface area contributed by atoms with Crippen molar-refractivity contribution < 1.29 is 8.42 Å². The number of nitrogens with one attached hydrogen (secondary N) is 1. The Hall–Kier alpha value is -0.870. The van der Waals surface area contributed by atoms with E-state index in [9.17, 15) is 8.42 Å². The van der Waals surface area contributed by atoms with E-state index in [1.54, 1.807) is 12.1 Å². The van der Waals surface area contributed by atoms with Gasteiger partial charge in [-0.05, 0) is 37.1 Å². The molecule has 0 aromatic heterocycles. The van der Waals surface area contributed by atoms with Gasteiger partial charge in [0, 0.05) is 12.3 Å². The first-order valence-corrected chi connectivity index (χ1v) is 7.71. The van der Waals surface area contributed by atoms with E-state index in [-0.39, 0.29) is 6.04 Å². The Morgan fingerprint density at radius 3 is 2.06 bits per heavy atom. The van der Waals surface area contributed by atoms with Gasteiger partial charge < -0.3 is 5.32 Å². The van der Waals surface area contributed by atoms with Gasteiger partial charge in [-0.2, -0.15) is 0 Å². The van der Waals surface area contributed by atoms with Crippen LogP contribution in [0, 0.1) is 5.92 Å². The fourth-order valence-corrected chi connectivity index (χ4v) is 2.47. The minimum absolute atomic E-state index is 0.281. The van der Waals surface area contributed by atoms with Gasteiger partial charge in [0.25, 0.3) is 0 Å². The van der Waals surface area contributed by atoms with Crippen LogP contribution >= 0.6 is 0 Å². The van der Waals surface area contributed by atoms with Gasteiger partial charge >= 0.3 is 0 Å². The lowest BCUT2D eigenvalue weighted by Crippen LogP contribution is -2.18. The molecule has 1 unspecified atom stereocenters. The predicted octanol–water partition coefficient (Wildman–Crippen LogP) is 2.40. The molecule has 0 spiro atoms. The summed E-state index contributed by atoms with van der Waals surface area (Å²) in [6.07, 6.45) is 2.26. The molecule has 0 saturated heterocycles. The van der Waals surface area contributed by atoms with Crippen molar-refractivity contribution in [2.75, 3.05) is 13.3 Å². The first kappa shape index (κ1) is 14.2. The van der Waals surface area contributed by atoms with Crippen molar-refractivity contribution in [3.63, 3.8) is 0 Å². The van der Waals surface area contributed by atoms with E-state index in [0.717, 1.165) is 12.0 Å². The molecule has 96 valence electrons. The normalized spacial score (nSPS) is 13.9. The summed E-state index contributed by atoms with van der Waals surface area (Å²) >= 11 is 0. The number of hydrogen-bond acceptors (Lipinski definition) is 3. The molecule has 0 aliphatic carbocycles. The quantitative estimate of drug-likeness (QED) is 0.878. The molecule has 0 radical (unpaired) electrons. The van der Waals surface area contributed by atoms with Crippen LogP contribution in [0.15, 0.2) is 29.2 Å². The van der Waals surface area contributed by atoms with Crippen LogP contribution in [0.5, 0.6) is 0 Å². The van der Waals surface area contributed by atoms with Crippen molar-refractivity contribution >= 4 is 9.84 Å². The number of hydrogen-bond donors (Lipinski definition) is 1. The van der Waals surface area contributed by atoms with Crippen LogP contribution in [0.25, 0.3) is 0 Å². The molecule has 0 saturated carbocycles. The van der Waals surface area contributed by atoms with Gasteiger partial charge in [0.2, 0.25) is 0 Å². The average Bonchev–Trinajstić information content (AvgIpc) is 2.24. The number of benzene rings is 1. The van der Waals surface area contributed by atoms with E-state index < -0.39 is 9.84 Å². The zero-order chi connectivity index (χ0) is 13.1. The van der Waals surface area contributed by atoms with Gasteiger partial charge in [-0.1, -0.05) is 26.0 Å². The summed E-state index contributed by atoms with van der Waals surface area (Å²) in [7, 11) is -1.17. The SMILES string of the molecule is CNC(CC(C)C)c1ccc(S(C)(=O)=O)cc1. The highest BCUT2D eigenvalue weighted by Gasteiger charge is 2.12. The topological polar surface area (TPSA) is 46.2 Å². The van der Waals surface area contributed by atoms with Gasteiger partial charge in [-0.25, -0.2) is 8.42 Å². The Morgan fingerprint density at radius 1 is 1.18 bits per heavy atom. The Kier molecular flexibility index (Phi) is 4.71. The molecule has 0 heterocycles. The summed E-state index contributed by atoms with van der Waals surface area (Å²) < 4.78 is 22.7. The standard InChI is InChI=1S/C13H21NO2S/c1-10(2)9-13(14-3)11-5-7-12(8-6-11)17(4,15)16/h5-8,10,13-14H,9H2,1-4H3. The van der Waals surface area contributed by atoms with Gasteiger partial charge in [0.1, 0.15) is 0 Å². The summed E-state index contributed by atoms with van der Waals surface area (Å²) in [5.41, 5.74) is 1.13. The van der Waals surface area contributed by atoms with Crippen molar-refractivity contribution in [3.8, 4) is 0 Å². The molecule has 0 aliphatic heterocycles. The van der Waals surface area contributed by atoms with Crippen LogP contribution in [-0.4, -0.2) is 21.7 Å². The van der Waals surface area contributed by atoms with Gasteiger partial charge in [0.15, 0.2) is 9.84 Å². The maximum absolute atomic E-state index is 11.3. The smallest absolute Gasteiger partial charge is 0.175 e. The van der Waals surface area contributed by atoms with Gasteiger partial charge in [-0.3, -0.25) is 0 Å². The molecule has 1 rings (SSSR count). The van der Waals surface area contributed by atoms with E-state index in [1.807, 2.05) is 19.2 Å². The van der Waals surface area contributed by atoms with E-state index in [2.05, 4.69) is 19.2 Å². The van der Waals surface area contributed by atoms with Crippen LogP contribution in [-0.2, 0) is 9.84 Å². The van der Waals surface area contributed by atoms with Crippen LogP contribution in [0.2, 0.25) is 0 Å². The van der Waals surface area contributed by atoms with Crippen LogP contribution in [0.1, 0.15) is 31.9 Å². The molecule has 0 fully saturated rings. The highest BCUT2D eigenvalue weighted by molar-refractivity contribution is 7.90. The molecule has 0 aliphatic rings. The summed E-state index contributed by atoms with van der Waals surface area (Å²) in [5, 5.41) is 3.26. The third-order valence-corrected chi connectivity index (χ3v) is 3.89. The van der Waals surface area contributed by atoms with Gasteiger partial charge in [-0.15, -0.1) is 0 Å². The molecule has 0 amide bonds. The predicted molar refractivity (Wildman–Crippen MR) is 70.8 cm³/mol. The summed E-state index contributed by atoms with van der Waals surface area (Å²) in [6, 6.07) is 7.41. The monoisotopic (exact) mass is 255 g/mol. The molecule has 1 aromatic rings. The second-order valence-electron chi connectivity index (χ2n) is 4.81. The van der Waals surface area contributed by atoms with E-state index >= 15 is 0 Å². The molecule has 1 aromatic carbocycles. The van der Waals surface area contributed by atoms with Crippen molar-refractivity contribution in [2.45, 2.75) is 31.2 Å². The maximum atomic E-state index is 11.3. The Bertz CT molecular complexity index is 449. The van der Waals surface area contributed by atoms with E-state index in [1.165, 1.54) is 6.26 Å². The summed E-state index contributed by atoms with van der Waals surface area (Å²) in [6.45, 7) is 4.35. The van der Waals surface area contributed by atoms with E-state index in [4.69, 9.17) is 0 Å². The minimum Gasteiger partial charge on any atom is -0.313 e. The lowest BCUT2D eigenvalue weighted by atomic mass is 9.97. The third-order valence-electron chi connectivity index (χ3n) is 2.77. The first-order valence-electron chi connectivity index (χ1n) is 5.82. The van der Waals surface area contributed by atoms with Crippen LogP contribution < -0.4 is 5.32 Å². The molecule has 1 N–H and O–H groups in total. The molecule has 3 nitrogen and oxygen atoms in total. The van der Waals surface area contributed by atoms with Crippen molar-refractivity contribution in [1.82, 2.24) is 5.32 Å². The Morgan fingerprint density at radius 2 is 1.71 bits per heavy atom. The van der Waals surface area contributed by atoms with Crippen molar-refractivity contribution in [3.05, 3.63) is 29.8 Å². The maximum Gasteiger partial charge on any atom is 0.175 e. The Labute approximate surface area is 104 Å². The van der Waals surface area contributed by atoms with Crippen LogP contribution in [0.3, 0.4) is 0 Å². The highest BCUT2D eigenvalue weighted by Crippen LogP contribution is 2.22. The van der Waals surface area contributed by atoms with Crippen LogP contribution in [0.4, 0.5) is 0 Å². The summed E-state index contributed by atoms with van der Waals surface area (Å²) in [4.78, 5) is 0.376. The molecule has 0 bridgehead atoms. The first-order chi connectivity index (χ1) is 7.84. The summed E-state index contributed by atoms with van der Waals surface area (Å²) in [5.74, 6) is 0.599. The zero-order valence-corrected chi connectivity index (χ0v) is 11.7.